The zero-order valence-corrected chi connectivity index (χ0v) is 12.3. The number of nitrogens with one attached hydrogen (secondary N) is 1. The summed E-state index contributed by atoms with van der Waals surface area (Å²) in [7, 11) is -3.59. The molecule has 0 heterocycles. The molecule has 4 nitrogen and oxygen atoms in total. The maximum Gasteiger partial charge on any atom is 0.239 e. The highest BCUT2D eigenvalue weighted by Crippen LogP contribution is 2.37. The summed E-state index contributed by atoms with van der Waals surface area (Å²) < 4.78 is 26.6. The Balaban J connectivity index is 1.99. The van der Waals surface area contributed by atoms with Gasteiger partial charge in [-0.3, -0.25) is 9.52 Å². The van der Waals surface area contributed by atoms with Crippen molar-refractivity contribution in [1.82, 2.24) is 4.72 Å². The van der Waals surface area contributed by atoms with E-state index in [9.17, 15) is 13.2 Å². The van der Waals surface area contributed by atoms with Crippen LogP contribution in [0.25, 0.3) is 0 Å². The molecule has 0 unspecified atom stereocenters. The molecule has 1 aromatic rings. The van der Waals surface area contributed by atoms with Crippen molar-refractivity contribution in [2.75, 3.05) is 0 Å². The highest BCUT2D eigenvalue weighted by Gasteiger charge is 2.40. The molecule has 0 saturated heterocycles. The van der Waals surface area contributed by atoms with Crippen molar-refractivity contribution >= 4 is 31.9 Å². The first-order chi connectivity index (χ1) is 8.37. The fraction of sp³-hybridized carbons (Fsp3) is 0.417. The summed E-state index contributed by atoms with van der Waals surface area (Å²) in [6.07, 6.45) is 0.777. The van der Waals surface area contributed by atoms with Crippen LogP contribution < -0.4 is 4.72 Å². The Bertz CT molecular complexity index is 553. The minimum Gasteiger partial charge on any atom is -0.274 e. The zero-order chi connectivity index (χ0) is 13.3. The highest BCUT2D eigenvalue weighted by molar-refractivity contribution is 9.10. The van der Waals surface area contributed by atoms with Gasteiger partial charge in [0.2, 0.25) is 15.9 Å². The predicted molar refractivity (Wildman–Crippen MR) is 72.2 cm³/mol. The van der Waals surface area contributed by atoms with Gasteiger partial charge >= 0.3 is 0 Å². The fourth-order valence-corrected chi connectivity index (χ4v) is 3.18. The maximum absolute atomic E-state index is 11.8. The van der Waals surface area contributed by atoms with Crippen LogP contribution in [0.4, 0.5) is 0 Å². The molecule has 0 spiro atoms. The van der Waals surface area contributed by atoms with Crippen molar-refractivity contribution < 1.29 is 13.2 Å². The highest BCUT2D eigenvalue weighted by atomic mass is 79.9. The number of amides is 1. The van der Waals surface area contributed by atoms with E-state index in [-0.39, 0.29) is 17.6 Å². The number of carbonyl (C=O) groups is 1. The Morgan fingerprint density at radius 1 is 1.39 bits per heavy atom. The van der Waals surface area contributed by atoms with E-state index in [0.29, 0.717) is 11.5 Å². The van der Waals surface area contributed by atoms with E-state index < -0.39 is 10.0 Å². The minimum absolute atomic E-state index is 0.135. The lowest BCUT2D eigenvalue weighted by Gasteiger charge is -2.06. The summed E-state index contributed by atoms with van der Waals surface area (Å²) in [5.41, 5.74) is 0.655. The number of halogens is 1. The SMILES string of the molecule is C[C@@H]1C[C@@H]1C(=O)NS(=O)(=O)Cc1ccc(Br)cc1. The lowest BCUT2D eigenvalue weighted by atomic mass is 10.2. The zero-order valence-electron chi connectivity index (χ0n) is 9.89. The van der Waals surface area contributed by atoms with Gasteiger partial charge in [-0.1, -0.05) is 35.0 Å². The molecule has 0 aromatic heterocycles. The summed E-state index contributed by atoms with van der Waals surface area (Å²) in [5.74, 6) is -0.384. The van der Waals surface area contributed by atoms with Crippen LogP contribution in [-0.4, -0.2) is 14.3 Å². The van der Waals surface area contributed by atoms with Gasteiger partial charge in [-0.25, -0.2) is 8.42 Å². The average Bonchev–Trinajstić information content (AvgIpc) is 2.98. The Morgan fingerprint density at radius 3 is 2.44 bits per heavy atom. The number of rotatable bonds is 4. The second kappa shape index (κ2) is 5.01. The predicted octanol–water partition coefficient (Wildman–Crippen LogP) is 2.05. The van der Waals surface area contributed by atoms with Crippen molar-refractivity contribution in [2.24, 2.45) is 11.8 Å². The third-order valence-corrected chi connectivity index (χ3v) is 4.73. The van der Waals surface area contributed by atoms with Crippen molar-refractivity contribution in [3.8, 4) is 0 Å². The van der Waals surface area contributed by atoms with Gasteiger partial charge in [-0.05, 0) is 30.0 Å². The molecule has 0 bridgehead atoms. The summed E-state index contributed by atoms with van der Waals surface area (Å²) in [6.45, 7) is 1.94. The van der Waals surface area contributed by atoms with Crippen molar-refractivity contribution in [3.05, 3.63) is 34.3 Å². The summed E-state index contributed by atoms with van der Waals surface area (Å²) in [6, 6.07) is 6.98. The third kappa shape index (κ3) is 3.55. The first kappa shape index (κ1) is 13.5. The fourth-order valence-electron chi connectivity index (χ4n) is 1.75. The lowest BCUT2D eigenvalue weighted by molar-refractivity contribution is -0.120. The molecule has 1 aliphatic carbocycles. The van der Waals surface area contributed by atoms with Gasteiger partial charge in [0.15, 0.2) is 0 Å². The normalized spacial score (nSPS) is 22.6. The number of hydrogen-bond donors (Lipinski definition) is 1. The molecule has 1 aliphatic rings. The number of sulfonamides is 1. The molecule has 18 heavy (non-hydrogen) atoms. The molecule has 0 radical (unpaired) electrons. The van der Waals surface area contributed by atoms with Gasteiger partial charge in [0.05, 0.1) is 5.75 Å². The molecule has 98 valence electrons. The van der Waals surface area contributed by atoms with E-state index >= 15 is 0 Å². The van der Waals surface area contributed by atoms with Gasteiger partial charge in [0.25, 0.3) is 0 Å². The van der Waals surface area contributed by atoms with Crippen LogP contribution in [-0.2, 0) is 20.6 Å². The third-order valence-electron chi connectivity index (χ3n) is 2.97. The van der Waals surface area contributed by atoms with Gasteiger partial charge in [-0.2, -0.15) is 0 Å². The summed E-state index contributed by atoms with van der Waals surface area (Å²) >= 11 is 3.28. The number of hydrogen-bond acceptors (Lipinski definition) is 3. The molecule has 1 amide bonds. The first-order valence-electron chi connectivity index (χ1n) is 5.66. The molecule has 0 aliphatic heterocycles. The Hall–Kier alpha value is -0.880. The second-order valence-corrected chi connectivity index (χ2v) is 7.31. The monoisotopic (exact) mass is 331 g/mol. The number of carbonyl (C=O) groups excluding carboxylic acids is 1. The lowest BCUT2D eigenvalue weighted by Crippen LogP contribution is -2.33. The quantitative estimate of drug-likeness (QED) is 0.918. The van der Waals surface area contributed by atoms with Gasteiger partial charge < -0.3 is 0 Å². The van der Waals surface area contributed by atoms with Crippen LogP contribution in [0.5, 0.6) is 0 Å². The number of benzene rings is 1. The molecule has 2 atom stereocenters. The largest absolute Gasteiger partial charge is 0.274 e. The Kier molecular flexibility index (Phi) is 3.77. The summed E-state index contributed by atoms with van der Waals surface area (Å²) in [5, 5.41) is 0. The van der Waals surface area contributed by atoms with Crippen LogP contribution in [0.1, 0.15) is 18.9 Å². The Morgan fingerprint density at radius 2 is 1.94 bits per heavy atom. The molecule has 6 heteroatoms. The second-order valence-electron chi connectivity index (χ2n) is 4.67. The van der Waals surface area contributed by atoms with Crippen LogP contribution in [0.2, 0.25) is 0 Å². The first-order valence-corrected chi connectivity index (χ1v) is 8.11. The van der Waals surface area contributed by atoms with Crippen LogP contribution in [0, 0.1) is 11.8 Å². The van der Waals surface area contributed by atoms with E-state index in [1.807, 2.05) is 6.92 Å². The van der Waals surface area contributed by atoms with Crippen LogP contribution in [0.15, 0.2) is 28.7 Å². The van der Waals surface area contributed by atoms with Crippen molar-refractivity contribution in [3.63, 3.8) is 0 Å². The standard InChI is InChI=1S/C12H14BrNO3S/c1-8-6-11(8)12(15)14-18(16,17)7-9-2-4-10(13)5-3-9/h2-5,8,11H,6-7H2,1H3,(H,14,15)/t8-,11+/m1/s1. The topological polar surface area (TPSA) is 63.2 Å². The van der Waals surface area contributed by atoms with Gasteiger partial charge in [-0.15, -0.1) is 0 Å². The van der Waals surface area contributed by atoms with Crippen molar-refractivity contribution in [1.29, 1.82) is 0 Å². The molecular weight excluding hydrogens is 318 g/mol. The maximum atomic E-state index is 11.8. The van der Waals surface area contributed by atoms with Gasteiger partial charge in [0.1, 0.15) is 0 Å². The molecule has 1 fully saturated rings. The van der Waals surface area contributed by atoms with E-state index in [1.165, 1.54) is 0 Å². The Labute approximate surface area is 115 Å². The van der Waals surface area contributed by atoms with Crippen molar-refractivity contribution in [2.45, 2.75) is 19.1 Å². The molecule has 1 aromatic carbocycles. The van der Waals surface area contributed by atoms with E-state index in [0.717, 1.165) is 10.9 Å². The molecule has 1 saturated carbocycles. The molecule has 1 N–H and O–H groups in total. The summed E-state index contributed by atoms with van der Waals surface area (Å²) in [4.78, 5) is 11.6. The van der Waals surface area contributed by atoms with Gasteiger partial charge in [0, 0.05) is 10.4 Å². The minimum atomic E-state index is -3.59. The smallest absolute Gasteiger partial charge is 0.239 e. The molecule has 2 rings (SSSR count). The van der Waals surface area contributed by atoms with E-state index in [1.54, 1.807) is 24.3 Å². The van der Waals surface area contributed by atoms with Crippen LogP contribution in [0.3, 0.4) is 0 Å². The van der Waals surface area contributed by atoms with E-state index in [4.69, 9.17) is 0 Å². The molecular formula is C12H14BrNO3S. The van der Waals surface area contributed by atoms with Crippen LogP contribution >= 0.6 is 15.9 Å². The average molecular weight is 332 g/mol. The van der Waals surface area contributed by atoms with E-state index in [2.05, 4.69) is 20.7 Å².